The van der Waals surface area contributed by atoms with Crippen molar-refractivity contribution in [2.75, 3.05) is 42.9 Å². The second-order valence-electron chi connectivity index (χ2n) is 6.93. The van der Waals surface area contributed by atoms with E-state index in [1.54, 1.807) is 6.92 Å². The van der Waals surface area contributed by atoms with Gasteiger partial charge in [-0.25, -0.2) is 0 Å². The molecule has 1 aliphatic rings. The van der Waals surface area contributed by atoms with Crippen molar-refractivity contribution in [3.05, 3.63) is 59.7 Å². The van der Waals surface area contributed by atoms with Gasteiger partial charge in [-0.15, -0.1) is 0 Å². The number of para-hydroxylation sites is 1. The summed E-state index contributed by atoms with van der Waals surface area (Å²) in [5, 5.41) is 3.04. The maximum Gasteiger partial charge on any atom is 0.238 e. The van der Waals surface area contributed by atoms with Crippen LogP contribution in [0, 0.1) is 0 Å². The second kappa shape index (κ2) is 8.82. The maximum absolute atomic E-state index is 12.4. The van der Waals surface area contributed by atoms with E-state index in [2.05, 4.69) is 22.0 Å². The molecule has 3 rings (SSSR count). The summed E-state index contributed by atoms with van der Waals surface area (Å²) in [5.41, 5.74) is 3.93. The fraction of sp³-hybridized carbons (Fsp3) is 0.364. The molecule has 2 aromatic rings. The number of carbonyl (C=O) groups is 2. The first kappa shape index (κ1) is 19.1. The van der Waals surface area contributed by atoms with Crippen LogP contribution in [0.2, 0.25) is 0 Å². The Labute approximate surface area is 161 Å². The number of amides is 1. The Morgan fingerprint density at radius 2 is 1.63 bits per heavy atom. The number of rotatable bonds is 6. The monoisotopic (exact) mass is 365 g/mol. The molecule has 0 aromatic heterocycles. The van der Waals surface area contributed by atoms with Crippen molar-refractivity contribution in [3.63, 3.8) is 0 Å². The Morgan fingerprint density at radius 3 is 2.26 bits per heavy atom. The molecule has 0 aliphatic carbocycles. The number of ketones is 1. The summed E-state index contributed by atoms with van der Waals surface area (Å²) in [6.07, 6.45) is 0.900. The van der Waals surface area contributed by atoms with Crippen molar-refractivity contribution in [1.82, 2.24) is 4.90 Å². The lowest BCUT2D eigenvalue weighted by Crippen LogP contribution is -2.48. The largest absolute Gasteiger partial charge is 0.369 e. The number of Topliss-reactive ketones (excluding diaryl/α,β-unsaturated/α-hetero) is 1. The minimum atomic E-state index is 0.0372. The van der Waals surface area contributed by atoms with Crippen molar-refractivity contribution in [3.8, 4) is 0 Å². The molecule has 1 amide bonds. The highest BCUT2D eigenvalue weighted by molar-refractivity contribution is 5.94. The number of aryl methyl sites for hydroxylation is 1. The van der Waals surface area contributed by atoms with Crippen LogP contribution in [-0.4, -0.2) is 49.3 Å². The number of nitrogens with zero attached hydrogens (tertiary/aromatic N) is 2. The van der Waals surface area contributed by atoms with E-state index in [-0.39, 0.29) is 11.7 Å². The van der Waals surface area contributed by atoms with Crippen LogP contribution in [0.4, 0.5) is 11.4 Å². The quantitative estimate of drug-likeness (QED) is 0.799. The molecular formula is C22H27N3O2. The van der Waals surface area contributed by atoms with E-state index in [9.17, 15) is 9.59 Å². The summed E-state index contributed by atoms with van der Waals surface area (Å²) < 4.78 is 0. The molecule has 27 heavy (non-hydrogen) atoms. The fourth-order valence-electron chi connectivity index (χ4n) is 3.41. The van der Waals surface area contributed by atoms with E-state index >= 15 is 0 Å². The molecule has 1 fully saturated rings. The Morgan fingerprint density at radius 1 is 0.963 bits per heavy atom. The average molecular weight is 365 g/mol. The van der Waals surface area contributed by atoms with Crippen molar-refractivity contribution in [2.45, 2.75) is 20.3 Å². The van der Waals surface area contributed by atoms with E-state index in [0.717, 1.165) is 55.1 Å². The van der Waals surface area contributed by atoms with Crippen LogP contribution in [0.5, 0.6) is 0 Å². The van der Waals surface area contributed by atoms with Crippen molar-refractivity contribution < 1.29 is 9.59 Å². The zero-order valence-electron chi connectivity index (χ0n) is 16.1. The summed E-state index contributed by atoms with van der Waals surface area (Å²) in [5.74, 6) is 0.122. The van der Waals surface area contributed by atoms with Crippen LogP contribution in [0.15, 0.2) is 48.5 Å². The van der Waals surface area contributed by atoms with Crippen molar-refractivity contribution in [2.24, 2.45) is 0 Å². The number of piperazine rings is 1. The molecule has 0 unspecified atom stereocenters. The lowest BCUT2D eigenvalue weighted by molar-refractivity contribution is -0.117. The number of nitrogens with one attached hydrogen (secondary N) is 1. The van der Waals surface area contributed by atoms with Crippen molar-refractivity contribution in [1.29, 1.82) is 0 Å². The molecule has 1 aliphatic heterocycles. The molecule has 1 saturated heterocycles. The van der Waals surface area contributed by atoms with E-state index in [1.165, 1.54) is 0 Å². The zero-order valence-corrected chi connectivity index (χ0v) is 16.1. The van der Waals surface area contributed by atoms with Gasteiger partial charge in [0.05, 0.1) is 6.54 Å². The van der Waals surface area contributed by atoms with Gasteiger partial charge in [-0.2, -0.15) is 0 Å². The first-order valence-electron chi connectivity index (χ1n) is 9.53. The molecule has 142 valence electrons. The highest BCUT2D eigenvalue weighted by Gasteiger charge is 2.19. The molecule has 0 bridgehead atoms. The Kier molecular flexibility index (Phi) is 6.24. The van der Waals surface area contributed by atoms with Crippen LogP contribution in [0.1, 0.15) is 29.8 Å². The minimum Gasteiger partial charge on any atom is -0.369 e. The van der Waals surface area contributed by atoms with Gasteiger partial charge in [-0.05, 0) is 49.2 Å². The van der Waals surface area contributed by atoms with Gasteiger partial charge in [-0.3, -0.25) is 14.5 Å². The van der Waals surface area contributed by atoms with Crippen LogP contribution in [-0.2, 0) is 11.2 Å². The third kappa shape index (κ3) is 4.95. The zero-order chi connectivity index (χ0) is 19.2. The molecule has 2 aromatic carbocycles. The van der Waals surface area contributed by atoms with Gasteiger partial charge >= 0.3 is 0 Å². The molecule has 0 saturated carbocycles. The number of hydrogen-bond donors (Lipinski definition) is 1. The Hall–Kier alpha value is -2.66. The fourth-order valence-corrected chi connectivity index (χ4v) is 3.41. The van der Waals surface area contributed by atoms with E-state index in [1.807, 2.05) is 48.5 Å². The van der Waals surface area contributed by atoms with Gasteiger partial charge in [-0.1, -0.05) is 25.1 Å². The minimum absolute atomic E-state index is 0.0372. The standard InChI is InChI=1S/C22H27N3O2/c1-3-18-6-4-5-7-21(18)23-22(27)16-24-12-14-25(15-13-24)20-10-8-19(9-11-20)17(2)26/h4-11H,3,12-16H2,1-2H3,(H,23,27). The van der Waals surface area contributed by atoms with Crippen LogP contribution in [0.3, 0.4) is 0 Å². The normalized spacial score (nSPS) is 14.8. The molecule has 5 heteroatoms. The predicted molar refractivity (Wildman–Crippen MR) is 110 cm³/mol. The molecular weight excluding hydrogens is 338 g/mol. The molecule has 0 atom stereocenters. The van der Waals surface area contributed by atoms with E-state index in [4.69, 9.17) is 0 Å². The molecule has 5 nitrogen and oxygen atoms in total. The van der Waals surface area contributed by atoms with Crippen LogP contribution >= 0.6 is 0 Å². The van der Waals surface area contributed by atoms with Crippen LogP contribution < -0.4 is 10.2 Å². The summed E-state index contributed by atoms with van der Waals surface area (Å²) in [6.45, 7) is 7.52. The van der Waals surface area contributed by atoms with Gasteiger partial charge in [0.2, 0.25) is 5.91 Å². The van der Waals surface area contributed by atoms with E-state index < -0.39 is 0 Å². The first-order chi connectivity index (χ1) is 13.1. The lowest BCUT2D eigenvalue weighted by Gasteiger charge is -2.35. The number of anilines is 2. The first-order valence-corrected chi connectivity index (χ1v) is 9.53. The summed E-state index contributed by atoms with van der Waals surface area (Å²) >= 11 is 0. The predicted octanol–water partition coefficient (Wildman–Crippen LogP) is 3.21. The van der Waals surface area contributed by atoms with Gasteiger partial charge in [0.15, 0.2) is 5.78 Å². The van der Waals surface area contributed by atoms with E-state index in [0.29, 0.717) is 6.54 Å². The maximum atomic E-state index is 12.4. The highest BCUT2D eigenvalue weighted by Crippen LogP contribution is 2.18. The van der Waals surface area contributed by atoms with Crippen LogP contribution in [0.25, 0.3) is 0 Å². The van der Waals surface area contributed by atoms with Crippen molar-refractivity contribution >= 4 is 23.1 Å². The summed E-state index contributed by atoms with van der Waals surface area (Å²) in [6, 6.07) is 15.7. The SMILES string of the molecule is CCc1ccccc1NC(=O)CN1CCN(c2ccc(C(C)=O)cc2)CC1. The molecule has 1 N–H and O–H groups in total. The number of hydrogen-bond acceptors (Lipinski definition) is 4. The third-order valence-electron chi connectivity index (χ3n) is 5.05. The lowest BCUT2D eigenvalue weighted by atomic mass is 10.1. The average Bonchev–Trinajstić information content (AvgIpc) is 2.69. The Balaban J connectivity index is 1.50. The molecule has 1 heterocycles. The third-order valence-corrected chi connectivity index (χ3v) is 5.05. The molecule has 0 radical (unpaired) electrons. The number of carbonyl (C=O) groups excluding carboxylic acids is 2. The van der Waals surface area contributed by atoms with Gasteiger partial charge in [0.25, 0.3) is 0 Å². The van der Waals surface area contributed by atoms with Gasteiger partial charge < -0.3 is 10.2 Å². The highest BCUT2D eigenvalue weighted by atomic mass is 16.2. The van der Waals surface area contributed by atoms with Gasteiger partial charge in [0, 0.05) is 43.1 Å². The summed E-state index contributed by atoms with van der Waals surface area (Å²) in [4.78, 5) is 28.3. The molecule has 0 spiro atoms. The van der Waals surface area contributed by atoms with Gasteiger partial charge in [0.1, 0.15) is 0 Å². The second-order valence-corrected chi connectivity index (χ2v) is 6.93. The number of benzene rings is 2. The Bertz CT molecular complexity index is 793. The summed E-state index contributed by atoms with van der Waals surface area (Å²) in [7, 11) is 0. The topological polar surface area (TPSA) is 52.7 Å². The smallest absolute Gasteiger partial charge is 0.238 e.